The lowest BCUT2D eigenvalue weighted by Crippen LogP contribution is -2.30. The number of aromatic nitrogens is 2. The van der Waals surface area contributed by atoms with Crippen molar-refractivity contribution in [3.8, 4) is 0 Å². The van der Waals surface area contributed by atoms with E-state index < -0.39 is 0 Å². The van der Waals surface area contributed by atoms with E-state index in [1.165, 1.54) is 25.7 Å². The van der Waals surface area contributed by atoms with Gasteiger partial charge in [0.15, 0.2) is 0 Å². The number of anilines is 2. The Morgan fingerprint density at radius 1 is 1.32 bits per heavy atom. The van der Waals surface area contributed by atoms with E-state index in [1.54, 1.807) is 0 Å². The second kappa shape index (κ2) is 5.76. The molecule has 1 saturated carbocycles. The van der Waals surface area contributed by atoms with Gasteiger partial charge in [-0.3, -0.25) is 0 Å². The van der Waals surface area contributed by atoms with Gasteiger partial charge in [-0.1, -0.05) is 13.8 Å². The number of hydrogen-bond acceptors (Lipinski definition) is 4. The molecule has 0 atom stereocenters. The summed E-state index contributed by atoms with van der Waals surface area (Å²) >= 11 is 0. The van der Waals surface area contributed by atoms with Crippen LogP contribution in [0.5, 0.6) is 0 Å². The van der Waals surface area contributed by atoms with Crippen LogP contribution >= 0.6 is 0 Å². The van der Waals surface area contributed by atoms with Gasteiger partial charge in [-0.05, 0) is 44.9 Å². The Bertz CT molecular complexity index is 418. The Morgan fingerprint density at radius 3 is 2.63 bits per heavy atom. The highest BCUT2D eigenvalue weighted by Crippen LogP contribution is 2.36. The molecule has 0 saturated heterocycles. The molecule has 2 N–H and O–H groups in total. The first kappa shape index (κ1) is 14.1. The van der Waals surface area contributed by atoms with E-state index >= 15 is 0 Å². The molecule has 0 spiro atoms. The molecular formula is C15H26N4. The molecule has 4 heteroatoms. The zero-order valence-corrected chi connectivity index (χ0v) is 12.6. The van der Waals surface area contributed by atoms with E-state index in [2.05, 4.69) is 48.3 Å². The summed E-state index contributed by atoms with van der Waals surface area (Å²) < 4.78 is 0. The van der Waals surface area contributed by atoms with Crippen molar-refractivity contribution < 1.29 is 0 Å². The predicted octanol–water partition coefficient (Wildman–Crippen LogP) is 3.60. The average Bonchev–Trinajstić information content (AvgIpc) is 2.36. The Morgan fingerprint density at radius 2 is 2.00 bits per heavy atom. The first-order valence-corrected chi connectivity index (χ1v) is 7.34. The molecule has 1 aromatic rings. The first-order chi connectivity index (χ1) is 9.00. The van der Waals surface area contributed by atoms with Crippen LogP contribution in [0.15, 0.2) is 6.20 Å². The molecule has 4 nitrogen and oxygen atoms in total. The van der Waals surface area contributed by atoms with Crippen LogP contribution in [-0.2, 0) is 0 Å². The van der Waals surface area contributed by atoms with Crippen molar-refractivity contribution in [2.45, 2.75) is 59.4 Å². The maximum atomic E-state index is 4.56. The van der Waals surface area contributed by atoms with Crippen LogP contribution in [0.25, 0.3) is 0 Å². The monoisotopic (exact) mass is 262 g/mol. The van der Waals surface area contributed by atoms with Crippen molar-refractivity contribution in [3.05, 3.63) is 11.8 Å². The third-order valence-electron chi connectivity index (χ3n) is 3.99. The van der Waals surface area contributed by atoms with Crippen molar-refractivity contribution in [3.63, 3.8) is 0 Å². The lowest BCUT2D eigenvalue weighted by Gasteiger charge is -2.35. The second-order valence-corrected chi connectivity index (χ2v) is 6.34. The van der Waals surface area contributed by atoms with Gasteiger partial charge in [-0.25, -0.2) is 4.98 Å². The van der Waals surface area contributed by atoms with Gasteiger partial charge < -0.3 is 10.6 Å². The largest absolute Gasteiger partial charge is 0.367 e. The van der Waals surface area contributed by atoms with E-state index in [1.807, 2.05) is 6.20 Å². The lowest BCUT2D eigenvalue weighted by molar-refractivity contribution is 0.232. The molecular weight excluding hydrogens is 236 g/mol. The minimum atomic E-state index is 0.508. The Hall–Kier alpha value is -1.32. The molecule has 0 unspecified atom stereocenters. The van der Waals surface area contributed by atoms with Gasteiger partial charge >= 0.3 is 0 Å². The van der Waals surface area contributed by atoms with Crippen molar-refractivity contribution in [2.75, 3.05) is 17.2 Å². The number of hydrogen-bond donors (Lipinski definition) is 2. The summed E-state index contributed by atoms with van der Waals surface area (Å²) in [6.07, 6.45) is 6.92. The highest BCUT2D eigenvalue weighted by Gasteiger charge is 2.27. The van der Waals surface area contributed by atoms with Gasteiger partial charge in [-0.2, -0.15) is 4.98 Å². The molecule has 19 heavy (non-hydrogen) atoms. The lowest BCUT2D eigenvalue weighted by atomic mass is 9.75. The summed E-state index contributed by atoms with van der Waals surface area (Å²) in [6, 6.07) is 0.552. The van der Waals surface area contributed by atoms with E-state index in [4.69, 9.17) is 0 Å². The average molecular weight is 262 g/mol. The molecule has 1 aliphatic rings. The van der Waals surface area contributed by atoms with Crippen LogP contribution in [-0.4, -0.2) is 22.6 Å². The Labute approximate surface area is 116 Å². The van der Waals surface area contributed by atoms with Gasteiger partial charge in [0.25, 0.3) is 0 Å². The molecule has 106 valence electrons. The second-order valence-electron chi connectivity index (χ2n) is 6.34. The molecule has 1 aromatic heterocycles. The molecule has 1 aliphatic carbocycles. The molecule has 0 bridgehead atoms. The first-order valence-electron chi connectivity index (χ1n) is 7.34. The fourth-order valence-electron chi connectivity index (χ4n) is 2.57. The van der Waals surface area contributed by atoms with E-state index in [9.17, 15) is 0 Å². The van der Waals surface area contributed by atoms with Crippen molar-refractivity contribution >= 4 is 11.8 Å². The summed E-state index contributed by atoms with van der Waals surface area (Å²) in [7, 11) is 0. The van der Waals surface area contributed by atoms with Crippen LogP contribution in [0, 0.1) is 12.3 Å². The van der Waals surface area contributed by atoms with Gasteiger partial charge in [0.1, 0.15) is 5.82 Å². The fourth-order valence-corrected chi connectivity index (χ4v) is 2.57. The molecule has 1 fully saturated rings. The van der Waals surface area contributed by atoms with Gasteiger partial charge in [0.05, 0.1) is 0 Å². The topological polar surface area (TPSA) is 49.8 Å². The van der Waals surface area contributed by atoms with Crippen molar-refractivity contribution in [1.82, 2.24) is 9.97 Å². The van der Waals surface area contributed by atoms with Crippen LogP contribution in [0.2, 0.25) is 0 Å². The van der Waals surface area contributed by atoms with E-state index in [0.717, 1.165) is 17.9 Å². The van der Waals surface area contributed by atoms with E-state index in [0.29, 0.717) is 17.4 Å². The smallest absolute Gasteiger partial charge is 0.224 e. The zero-order valence-electron chi connectivity index (χ0n) is 12.6. The minimum absolute atomic E-state index is 0.508. The van der Waals surface area contributed by atoms with Crippen molar-refractivity contribution in [1.29, 1.82) is 0 Å². The third kappa shape index (κ3) is 3.82. The molecule has 2 rings (SSSR count). The number of nitrogens with one attached hydrogen (secondary N) is 2. The Kier molecular flexibility index (Phi) is 4.27. The van der Waals surface area contributed by atoms with Crippen LogP contribution in [0.4, 0.5) is 11.8 Å². The number of rotatable bonds is 4. The maximum Gasteiger partial charge on any atom is 0.224 e. The van der Waals surface area contributed by atoms with E-state index in [-0.39, 0.29) is 0 Å². The number of nitrogens with zero attached hydrogens (tertiary/aromatic N) is 2. The summed E-state index contributed by atoms with van der Waals surface area (Å²) in [5.41, 5.74) is 1.62. The third-order valence-corrected chi connectivity index (χ3v) is 3.99. The zero-order chi connectivity index (χ0) is 13.9. The number of aryl methyl sites for hydroxylation is 1. The summed E-state index contributed by atoms with van der Waals surface area (Å²) in [5, 5.41) is 6.76. The highest BCUT2D eigenvalue weighted by molar-refractivity contribution is 5.47. The predicted molar refractivity (Wildman–Crippen MR) is 80.6 cm³/mol. The van der Waals surface area contributed by atoms with Gasteiger partial charge in [0, 0.05) is 24.3 Å². The van der Waals surface area contributed by atoms with Crippen LogP contribution < -0.4 is 10.6 Å². The molecule has 0 radical (unpaired) electrons. The van der Waals surface area contributed by atoms with Gasteiger partial charge in [-0.15, -0.1) is 0 Å². The molecule has 1 heterocycles. The SMILES string of the molecule is CCNc1ncc(C)c(NC2CCC(C)(C)CC2)n1. The molecule has 0 aromatic carbocycles. The Balaban J connectivity index is 2.00. The minimum Gasteiger partial charge on any atom is -0.367 e. The quantitative estimate of drug-likeness (QED) is 0.870. The molecule has 0 aliphatic heterocycles. The fraction of sp³-hybridized carbons (Fsp3) is 0.733. The molecule has 0 amide bonds. The summed E-state index contributed by atoms with van der Waals surface area (Å²) in [6.45, 7) is 9.69. The van der Waals surface area contributed by atoms with Crippen LogP contribution in [0.1, 0.15) is 52.0 Å². The standard InChI is InChI=1S/C15H26N4/c1-5-16-14-17-10-11(2)13(19-14)18-12-6-8-15(3,4)9-7-12/h10,12H,5-9H2,1-4H3,(H2,16,17,18,19). The van der Waals surface area contributed by atoms with Gasteiger partial charge in [0.2, 0.25) is 5.95 Å². The van der Waals surface area contributed by atoms with Crippen molar-refractivity contribution in [2.24, 2.45) is 5.41 Å². The normalized spacial score (nSPS) is 19.2. The highest BCUT2D eigenvalue weighted by atomic mass is 15.1. The van der Waals surface area contributed by atoms with Crippen LogP contribution in [0.3, 0.4) is 0 Å². The maximum absolute atomic E-state index is 4.56. The summed E-state index contributed by atoms with van der Waals surface area (Å²) in [4.78, 5) is 8.84. The summed E-state index contributed by atoms with van der Waals surface area (Å²) in [5.74, 6) is 1.70.